The fraction of sp³-hybridized carbons (Fsp3) is 1.00. The average molecular weight is 263 g/mol. The smallest absolute Gasteiger partial charge is 0.264 e. The van der Waals surface area contributed by atoms with E-state index >= 15 is 0 Å². The lowest BCUT2D eigenvalue weighted by Crippen LogP contribution is -2.03. The van der Waals surface area contributed by atoms with Gasteiger partial charge in [-0.3, -0.25) is 4.18 Å². The molecule has 0 rings (SSSR count). The van der Waals surface area contributed by atoms with Gasteiger partial charge in [0.25, 0.3) is 10.1 Å². The van der Waals surface area contributed by atoms with Gasteiger partial charge >= 0.3 is 0 Å². The van der Waals surface area contributed by atoms with E-state index in [4.69, 9.17) is 5.53 Å². The van der Waals surface area contributed by atoms with Crippen molar-refractivity contribution < 1.29 is 12.6 Å². The van der Waals surface area contributed by atoms with Crippen LogP contribution in [0.25, 0.3) is 10.4 Å². The molecule has 0 spiro atoms. The Kier molecular flexibility index (Phi) is 9.90. The molecule has 0 aliphatic rings. The van der Waals surface area contributed by atoms with Crippen molar-refractivity contribution in [1.82, 2.24) is 0 Å². The van der Waals surface area contributed by atoms with Crippen molar-refractivity contribution in [2.24, 2.45) is 5.11 Å². The van der Waals surface area contributed by atoms with Gasteiger partial charge in [0.15, 0.2) is 0 Å². The van der Waals surface area contributed by atoms with Gasteiger partial charge in [-0.15, -0.1) is 0 Å². The first-order chi connectivity index (χ1) is 8.06. The molecule has 0 aliphatic carbocycles. The Bertz CT molecular complexity index is 324. The molecule has 0 aliphatic heterocycles. The van der Waals surface area contributed by atoms with Crippen molar-refractivity contribution in [3.8, 4) is 0 Å². The minimum atomic E-state index is -3.27. The summed E-state index contributed by atoms with van der Waals surface area (Å²) in [6, 6.07) is 0. The van der Waals surface area contributed by atoms with Crippen molar-refractivity contribution in [2.45, 2.75) is 44.9 Å². The molecule has 0 aromatic heterocycles. The van der Waals surface area contributed by atoms with Crippen LogP contribution in [0.2, 0.25) is 0 Å². The van der Waals surface area contributed by atoms with Crippen molar-refractivity contribution >= 4 is 10.1 Å². The van der Waals surface area contributed by atoms with Crippen LogP contribution in [0.5, 0.6) is 0 Å². The number of hydrogen-bond acceptors (Lipinski definition) is 4. The molecule has 7 heteroatoms. The third-order valence-corrected chi connectivity index (χ3v) is 2.86. The van der Waals surface area contributed by atoms with Crippen molar-refractivity contribution in [2.75, 3.05) is 19.4 Å². The summed E-state index contributed by atoms with van der Waals surface area (Å²) in [6.45, 7) is 0.869. The first-order valence-electron chi connectivity index (χ1n) is 5.91. The molecule has 0 aromatic carbocycles. The first-order valence-corrected chi connectivity index (χ1v) is 7.73. The molecule has 0 N–H and O–H groups in total. The van der Waals surface area contributed by atoms with Crippen molar-refractivity contribution in [1.29, 1.82) is 0 Å². The van der Waals surface area contributed by atoms with Crippen LogP contribution in [0, 0.1) is 0 Å². The largest absolute Gasteiger partial charge is 0.270 e. The highest BCUT2D eigenvalue weighted by atomic mass is 32.2. The topological polar surface area (TPSA) is 92.1 Å². The Morgan fingerprint density at radius 2 is 1.59 bits per heavy atom. The molecular weight excluding hydrogens is 242 g/mol. The fourth-order valence-electron chi connectivity index (χ4n) is 1.42. The van der Waals surface area contributed by atoms with E-state index in [1.807, 2.05) is 0 Å². The Hall–Kier alpha value is -0.780. The Morgan fingerprint density at radius 1 is 1.06 bits per heavy atom. The summed E-state index contributed by atoms with van der Waals surface area (Å²) in [5, 5.41) is 3.46. The SMILES string of the molecule is CS(=O)(=O)OCCCCCCCCCN=[N+]=[N-]. The van der Waals surface area contributed by atoms with E-state index in [0.29, 0.717) is 6.54 Å². The Labute approximate surface area is 103 Å². The zero-order chi connectivity index (χ0) is 13.0. The lowest BCUT2D eigenvalue weighted by molar-refractivity contribution is 0.309. The van der Waals surface area contributed by atoms with E-state index in [1.165, 1.54) is 0 Å². The average Bonchev–Trinajstić information content (AvgIpc) is 2.24. The predicted molar refractivity (Wildman–Crippen MR) is 67.1 cm³/mol. The van der Waals surface area contributed by atoms with Gasteiger partial charge < -0.3 is 0 Å². The summed E-state index contributed by atoms with van der Waals surface area (Å²) in [5.74, 6) is 0. The fourth-order valence-corrected chi connectivity index (χ4v) is 1.84. The zero-order valence-corrected chi connectivity index (χ0v) is 11.2. The summed E-state index contributed by atoms with van der Waals surface area (Å²) in [6.07, 6.45) is 8.23. The van der Waals surface area contributed by atoms with Crippen LogP contribution in [0.4, 0.5) is 0 Å². The highest BCUT2D eigenvalue weighted by molar-refractivity contribution is 7.85. The maximum Gasteiger partial charge on any atom is 0.264 e. The highest BCUT2D eigenvalue weighted by Gasteiger charge is 2.00. The van der Waals surface area contributed by atoms with Gasteiger partial charge in [0.1, 0.15) is 0 Å². The minimum Gasteiger partial charge on any atom is -0.270 e. The normalized spacial score (nSPS) is 11.1. The van der Waals surface area contributed by atoms with Crippen LogP contribution in [0.15, 0.2) is 5.11 Å². The number of nitrogens with zero attached hydrogens (tertiary/aromatic N) is 3. The third kappa shape index (κ3) is 15.2. The number of unbranched alkanes of at least 4 members (excludes halogenated alkanes) is 6. The molecule has 0 unspecified atom stereocenters. The molecule has 0 aromatic rings. The number of rotatable bonds is 11. The van der Waals surface area contributed by atoms with Crippen LogP contribution in [-0.4, -0.2) is 27.8 Å². The quantitative estimate of drug-likeness (QED) is 0.188. The van der Waals surface area contributed by atoms with Crippen molar-refractivity contribution in [3.05, 3.63) is 10.4 Å². The van der Waals surface area contributed by atoms with Gasteiger partial charge in [-0.2, -0.15) is 8.42 Å². The molecule has 0 atom stereocenters. The number of hydrogen-bond donors (Lipinski definition) is 0. The third-order valence-electron chi connectivity index (χ3n) is 2.26. The van der Waals surface area contributed by atoms with Crippen molar-refractivity contribution in [3.63, 3.8) is 0 Å². The molecular formula is C10H21N3O3S. The van der Waals surface area contributed by atoms with E-state index in [1.54, 1.807) is 0 Å². The van der Waals surface area contributed by atoms with Crippen LogP contribution in [-0.2, 0) is 14.3 Å². The molecule has 0 amide bonds. The van der Waals surface area contributed by atoms with Gasteiger partial charge in [-0.25, -0.2) is 0 Å². The van der Waals surface area contributed by atoms with Gasteiger partial charge in [-0.1, -0.05) is 37.2 Å². The van der Waals surface area contributed by atoms with Crippen LogP contribution >= 0.6 is 0 Å². The Morgan fingerprint density at radius 3 is 2.12 bits per heavy atom. The maximum atomic E-state index is 10.6. The highest BCUT2D eigenvalue weighted by Crippen LogP contribution is 2.07. The standard InChI is InChI=1S/C10H21N3O3S/c1-17(14,15)16-10-8-6-4-2-3-5-7-9-12-13-11/h2-10H2,1H3. The van der Waals surface area contributed by atoms with E-state index < -0.39 is 10.1 Å². The second-order valence-electron chi connectivity index (χ2n) is 3.96. The second-order valence-corrected chi connectivity index (χ2v) is 5.60. The van der Waals surface area contributed by atoms with Gasteiger partial charge in [-0.05, 0) is 18.4 Å². The molecule has 0 saturated heterocycles. The van der Waals surface area contributed by atoms with E-state index in [-0.39, 0.29) is 6.61 Å². The van der Waals surface area contributed by atoms with Crippen LogP contribution < -0.4 is 0 Å². The first kappa shape index (κ1) is 16.2. The monoisotopic (exact) mass is 263 g/mol. The number of azide groups is 1. The van der Waals surface area contributed by atoms with E-state index in [0.717, 1.165) is 51.2 Å². The van der Waals surface area contributed by atoms with E-state index in [2.05, 4.69) is 14.2 Å². The summed E-state index contributed by atoms with van der Waals surface area (Å²) in [4.78, 5) is 2.69. The second kappa shape index (κ2) is 10.4. The minimum absolute atomic E-state index is 0.287. The Balaban J connectivity index is 3.11. The van der Waals surface area contributed by atoms with Crippen LogP contribution in [0.3, 0.4) is 0 Å². The summed E-state index contributed by atoms with van der Waals surface area (Å²) in [5.41, 5.74) is 8.05. The predicted octanol–water partition coefficient (Wildman–Crippen LogP) is 3.00. The molecule has 0 fully saturated rings. The summed E-state index contributed by atoms with van der Waals surface area (Å²) < 4.78 is 25.9. The zero-order valence-electron chi connectivity index (χ0n) is 10.3. The van der Waals surface area contributed by atoms with Crippen LogP contribution in [0.1, 0.15) is 44.9 Å². The molecule has 100 valence electrons. The summed E-state index contributed by atoms with van der Waals surface area (Å²) >= 11 is 0. The molecule has 0 heterocycles. The molecule has 17 heavy (non-hydrogen) atoms. The van der Waals surface area contributed by atoms with Gasteiger partial charge in [0.2, 0.25) is 0 Å². The maximum absolute atomic E-state index is 10.6. The van der Waals surface area contributed by atoms with Gasteiger partial charge in [0.05, 0.1) is 12.9 Å². The molecule has 0 saturated carbocycles. The lowest BCUT2D eigenvalue weighted by Gasteiger charge is -2.02. The van der Waals surface area contributed by atoms with E-state index in [9.17, 15) is 8.42 Å². The lowest BCUT2D eigenvalue weighted by atomic mass is 10.1. The molecule has 6 nitrogen and oxygen atoms in total. The van der Waals surface area contributed by atoms with Gasteiger partial charge in [0, 0.05) is 11.5 Å². The molecule has 0 radical (unpaired) electrons. The summed E-state index contributed by atoms with van der Waals surface area (Å²) in [7, 11) is -3.27. The molecule has 0 bridgehead atoms.